The first-order valence-electron chi connectivity index (χ1n) is 9.00. The topological polar surface area (TPSA) is 90.0 Å². The second kappa shape index (κ2) is 8.32. The van der Waals surface area contributed by atoms with Crippen LogP contribution in [0.5, 0.6) is 0 Å². The average molecular weight is 406 g/mol. The fourth-order valence-corrected chi connectivity index (χ4v) is 3.44. The van der Waals surface area contributed by atoms with Gasteiger partial charge in [-0.3, -0.25) is 14.2 Å². The number of carbonyl (C=O) groups excluding carboxylic acids is 1. The molecule has 4 rings (SSSR count). The van der Waals surface area contributed by atoms with Gasteiger partial charge in [0.15, 0.2) is 0 Å². The summed E-state index contributed by atoms with van der Waals surface area (Å²) in [6.07, 6.45) is 3.50. The van der Waals surface area contributed by atoms with E-state index in [-0.39, 0.29) is 30.1 Å². The Hall–Kier alpha value is -3.39. The van der Waals surface area contributed by atoms with E-state index in [9.17, 15) is 9.59 Å². The molecule has 1 amide bonds. The lowest BCUT2D eigenvalue weighted by Crippen LogP contribution is -2.23. The SMILES string of the molecule is CSc1cccc(NC(=O)CCn2cnc3onc(-c4ccccc4)c3c2=O)c1. The van der Waals surface area contributed by atoms with Gasteiger partial charge in [-0.2, -0.15) is 0 Å². The van der Waals surface area contributed by atoms with Crippen molar-refractivity contribution in [2.24, 2.45) is 0 Å². The number of nitrogens with one attached hydrogen (secondary N) is 1. The van der Waals surface area contributed by atoms with E-state index in [0.717, 1.165) is 16.1 Å². The Morgan fingerprint density at radius 2 is 2.00 bits per heavy atom. The van der Waals surface area contributed by atoms with E-state index in [1.165, 1.54) is 10.9 Å². The summed E-state index contributed by atoms with van der Waals surface area (Å²) < 4.78 is 6.62. The van der Waals surface area contributed by atoms with Gasteiger partial charge in [0, 0.05) is 29.1 Å². The summed E-state index contributed by atoms with van der Waals surface area (Å²) in [4.78, 5) is 30.5. The van der Waals surface area contributed by atoms with Crippen molar-refractivity contribution in [1.29, 1.82) is 0 Å². The van der Waals surface area contributed by atoms with E-state index < -0.39 is 0 Å². The molecule has 0 fully saturated rings. The molecule has 0 aliphatic heterocycles. The van der Waals surface area contributed by atoms with Crippen molar-refractivity contribution >= 4 is 34.5 Å². The number of hydrogen-bond donors (Lipinski definition) is 1. The van der Waals surface area contributed by atoms with E-state index in [0.29, 0.717) is 11.1 Å². The van der Waals surface area contributed by atoms with Gasteiger partial charge < -0.3 is 9.84 Å². The van der Waals surface area contributed by atoms with Crippen molar-refractivity contribution in [2.45, 2.75) is 17.9 Å². The van der Waals surface area contributed by atoms with Crippen molar-refractivity contribution in [3.05, 3.63) is 71.3 Å². The first kappa shape index (κ1) is 18.9. The highest BCUT2D eigenvalue weighted by molar-refractivity contribution is 7.98. The third-order valence-electron chi connectivity index (χ3n) is 4.44. The molecule has 7 nitrogen and oxygen atoms in total. The van der Waals surface area contributed by atoms with Crippen LogP contribution in [0.2, 0.25) is 0 Å². The molecule has 0 saturated heterocycles. The Bertz CT molecular complexity index is 1220. The lowest BCUT2D eigenvalue weighted by atomic mass is 10.1. The van der Waals surface area contributed by atoms with E-state index >= 15 is 0 Å². The number of amides is 1. The van der Waals surface area contributed by atoms with Crippen LogP contribution in [0.15, 0.2) is 75.1 Å². The van der Waals surface area contributed by atoms with E-state index in [2.05, 4.69) is 15.5 Å². The zero-order valence-electron chi connectivity index (χ0n) is 15.7. The van der Waals surface area contributed by atoms with Crippen LogP contribution in [0.1, 0.15) is 6.42 Å². The highest BCUT2D eigenvalue weighted by Crippen LogP contribution is 2.24. The fraction of sp³-hybridized carbons (Fsp3) is 0.143. The summed E-state index contributed by atoms with van der Waals surface area (Å²) in [6, 6.07) is 16.9. The monoisotopic (exact) mass is 406 g/mol. The van der Waals surface area contributed by atoms with Crippen molar-refractivity contribution in [2.75, 3.05) is 11.6 Å². The van der Waals surface area contributed by atoms with Crippen molar-refractivity contribution in [1.82, 2.24) is 14.7 Å². The summed E-state index contributed by atoms with van der Waals surface area (Å²) in [6.45, 7) is 0.204. The maximum Gasteiger partial charge on any atom is 0.266 e. The van der Waals surface area contributed by atoms with Crippen LogP contribution in [-0.4, -0.2) is 26.9 Å². The van der Waals surface area contributed by atoms with Gasteiger partial charge in [0.2, 0.25) is 5.91 Å². The predicted molar refractivity (Wildman–Crippen MR) is 113 cm³/mol. The largest absolute Gasteiger partial charge is 0.335 e. The minimum absolute atomic E-state index is 0.141. The molecule has 4 aromatic rings. The third kappa shape index (κ3) is 4.07. The Balaban J connectivity index is 1.53. The lowest BCUT2D eigenvalue weighted by molar-refractivity contribution is -0.116. The first-order chi connectivity index (χ1) is 14.2. The molecule has 2 aromatic carbocycles. The summed E-state index contributed by atoms with van der Waals surface area (Å²) in [5.74, 6) is -0.177. The average Bonchev–Trinajstić information content (AvgIpc) is 3.19. The van der Waals surface area contributed by atoms with Gasteiger partial charge in [0.05, 0.1) is 0 Å². The zero-order valence-corrected chi connectivity index (χ0v) is 16.5. The predicted octanol–water partition coefficient (Wildman–Crippen LogP) is 3.80. The fourth-order valence-electron chi connectivity index (χ4n) is 2.98. The second-order valence-corrected chi connectivity index (χ2v) is 7.23. The van der Waals surface area contributed by atoms with E-state index in [1.807, 2.05) is 60.9 Å². The van der Waals surface area contributed by atoms with Crippen LogP contribution in [0.3, 0.4) is 0 Å². The molecule has 0 bridgehead atoms. The standard InChI is InChI=1S/C21H18N4O3S/c1-29-16-9-5-8-15(12-16)23-17(26)10-11-25-13-22-20-18(21(25)27)19(24-28-20)14-6-3-2-4-7-14/h2-9,12-13H,10-11H2,1H3,(H,23,26). The van der Waals surface area contributed by atoms with Crippen LogP contribution < -0.4 is 10.9 Å². The van der Waals surface area contributed by atoms with Crippen LogP contribution >= 0.6 is 11.8 Å². The van der Waals surface area contributed by atoms with E-state index in [4.69, 9.17) is 4.52 Å². The molecule has 146 valence electrons. The molecule has 29 heavy (non-hydrogen) atoms. The number of benzene rings is 2. The molecule has 0 aliphatic rings. The van der Waals surface area contributed by atoms with Gasteiger partial charge in [0.25, 0.3) is 11.3 Å². The number of hydrogen-bond acceptors (Lipinski definition) is 6. The number of rotatable bonds is 6. The summed E-state index contributed by atoms with van der Waals surface area (Å²) in [5.41, 5.74) is 1.85. The molecule has 0 spiro atoms. The van der Waals surface area contributed by atoms with Crippen LogP contribution in [0.25, 0.3) is 22.4 Å². The molecule has 0 unspecified atom stereocenters. The van der Waals surface area contributed by atoms with Gasteiger partial charge in [-0.1, -0.05) is 41.6 Å². The van der Waals surface area contributed by atoms with Gasteiger partial charge in [0.1, 0.15) is 17.4 Å². The van der Waals surface area contributed by atoms with Crippen molar-refractivity contribution in [3.8, 4) is 11.3 Å². The summed E-state index contributed by atoms with van der Waals surface area (Å²) in [7, 11) is 0. The minimum atomic E-state index is -0.285. The van der Waals surface area contributed by atoms with Crippen molar-refractivity contribution in [3.63, 3.8) is 0 Å². The highest BCUT2D eigenvalue weighted by atomic mass is 32.2. The molecular weight excluding hydrogens is 388 g/mol. The molecule has 8 heteroatoms. The number of aryl methyl sites for hydroxylation is 1. The lowest BCUT2D eigenvalue weighted by Gasteiger charge is -2.08. The van der Waals surface area contributed by atoms with Gasteiger partial charge >= 0.3 is 0 Å². The van der Waals surface area contributed by atoms with Gasteiger partial charge in [-0.25, -0.2) is 4.98 Å². The Morgan fingerprint density at radius 1 is 1.17 bits per heavy atom. The summed E-state index contributed by atoms with van der Waals surface area (Å²) >= 11 is 1.60. The third-order valence-corrected chi connectivity index (χ3v) is 5.17. The Labute approximate surface area is 170 Å². The zero-order chi connectivity index (χ0) is 20.2. The number of anilines is 1. The minimum Gasteiger partial charge on any atom is -0.335 e. The molecule has 2 aromatic heterocycles. The number of carbonyl (C=O) groups is 1. The smallest absolute Gasteiger partial charge is 0.266 e. The normalized spacial score (nSPS) is 10.9. The van der Waals surface area contributed by atoms with Crippen LogP contribution in [0, 0.1) is 0 Å². The number of aromatic nitrogens is 3. The molecule has 0 atom stereocenters. The molecule has 0 radical (unpaired) electrons. The maximum atomic E-state index is 12.9. The Morgan fingerprint density at radius 3 is 2.79 bits per heavy atom. The molecule has 2 heterocycles. The van der Waals surface area contributed by atoms with E-state index in [1.54, 1.807) is 11.8 Å². The Kier molecular flexibility index (Phi) is 5.44. The van der Waals surface area contributed by atoms with Gasteiger partial charge in [-0.15, -0.1) is 11.8 Å². The van der Waals surface area contributed by atoms with Crippen LogP contribution in [-0.2, 0) is 11.3 Å². The second-order valence-electron chi connectivity index (χ2n) is 6.35. The maximum absolute atomic E-state index is 12.9. The van der Waals surface area contributed by atoms with Gasteiger partial charge in [-0.05, 0) is 24.5 Å². The number of thioether (sulfide) groups is 1. The molecule has 0 aliphatic carbocycles. The molecular formula is C21H18N4O3S. The quantitative estimate of drug-likeness (QED) is 0.490. The first-order valence-corrected chi connectivity index (χ1v) is 10.2. The summed E-state index contributed by atoms with van der Waals surface area (Å²) in [5, 5.41) is 7.17. The highest BCUT2D eigenvalue weighted by Gasteiger charge is 2.17. The number of fused-ring (bicyclic) bond motifs is 1. The number of nitrogens with zero attached hydrogens (tertiary/aromatic N) is 3. The van der Waals surface area contributed by atoms with Crippen LogP contribution in [0.4, 0.5) is 5.69 Å². The molecule has 0 saturated carbocycles. The molecule has 1 N–H and O–H groups in total. The van der Waals surface area contributed by atoms with Crippen molar-refractivity contribution < 1.29 is 9.32 Å².